The van der Waals surface area contributed by atoms with Crippen LogP contribution in [0.3, 0.4) is 0 Å². The Hall–Kier alpha value is -1.98. The van der Waals surface area contributed by atoms with Gasteiger partial charge in [0.25, 0.3) is 0 Å². The van der Waals surface area contributed by atoms with Crippen molar-refractivity contribution in [1.29, 1.82) is 0 Å². The number of aliphatic hydroxyl groups excluding tert-OH is 14. The normalized spacial score (nSPS) is 49.0. The van der Waals surface area contributed by atoms with E-state index in [1.807, 2.05) is 0 Å². The highest BCUT2D eigenvalue weighted by Gasteiger charge is 2.56. The molecule has 27 nitrogen and oxygen atoms in total. The van der Waals surface area contributed by atoms with E-state index in [-0.39, 0.29) is 0 Å². The number of hydrogen-bond donors (Lipinski definition) is 16. The minimum absolute atomic E-state index is 0.533. The Labute approximate surface area is 353 Å². The molecule has 62 heavy (non-hydrogen) atoms. The van der Waals surface area contributed by atoms with Gasteiger partial charge in [-0.25, -0.2) is 0 Å². The lowest BCUT2D eigenvalue weighted by molar-refractivity contribution is -0.383. The summed E-state index contributed by atoms with van der Waals surface area (Å²) >= 11 is 0. The van der Waals surface area contributed by atoms with E-state index in [4.69, 9.17) is 42.6 Å². The van der Waals surface area contributed by atoms with E-state index in [1.165, 1.54) is 13.8 Å². The third kappa shape index (κ3) is 11.0. The van der Waals surface area contributed by atoms with Crippen LogP contribution in [0.5, 0.6) is 0 Å². The minimum Gasteiger partial charge on any atom is -0.394 e. The summed E-state index contributed by atoms with van der Waals surface area (Å²) in [5.74, 6) is -1.29. The van der Waals surface area contributed by atoms with Crippen LogP contribution < -0.4 is 10.6 Å². The maximum atomic E-state index is 12.5. The number of hydrogen-bond acceptors (Lipinski definition) is 25. The second-order valence-corrected chi connectivity index (χ2v) is 15.8. The number of nitrogens with one attached hydrogen (secondary N) is 2. The van der Waals surface area contributed by atoms with Crippen LogP contribution in [0.1, 0.15) is 20.8 Å². The smallest absolute Gasteiger partial charge is 0.217 e. The molecule has 5 aliphatic heterocycles. The van der Waals surface area contributed by atoms with E-state index < -0.39 is 198 Å². The molecule has 16 N–H and O–H groups in total. The number of ether oxygens (including phenoxy) is 9. The van der Waals surface area contributed by atoms with E-state index in [1.54, 1.807) is 0 Å². The summed E-state index contributed by atoms with van der Waals surface area (Å²) in [6.45, 7) is -0.399. The Morgan fingerprint density at radius 2 is 0.839 bits per heavy atom. The minimum atomic E-state index is -2.16. The lowest BCUT2D eigenvalue weighted by atomic mass is 9.92. The lowest BCUT2D eigenvalue weighted by Gasteiger charge is -2.50. The van der Waals surface area contributed by atoms with Crippen molar-refractivity contribution in [2.45, 2.75) is 174 Å². The number of carbonyl (C=O) groups is 2. The number of carbonyl (C=O) groups excluding carboxylic acids is 2. The molecule has 0 aromatic carbocycles. The molecule has 2 amide bonds. The zero-order chi connectivity index (χ0) is 45.9. The number of aliphatic hydroxyl groups is 14. The van der Waals surface area contributed by atoms with E-state index >= 15 is 0 Å². The van der Waals surface area contributed by atoms with Crippen LogP contribution >= 0.6 is 0 Å². The molecule has 0 radical (unpaired) electrons. The molecule has 25 atom stereocenters. The third-order valence-corrected chi connectivity index (χ3v) is 11.4. The molecule has 0 bridgehead atoms. The van der Waals surface area contributed by atoms with Gasteiger partial charge >= 0.3 is 0 Å². The van der Waals surface area contributed by atoms with Gasteiger partial charge in [-0.15, -0.1) is 0 Å². The van der Waals surface area contributed by atoms with Crippen LogP contribution in [0, 0.1) is 0 Å². The molecule has 0 spiro atoms. The Kier molecular flexibility index (Phi) is 18.1. The number of rotatable bonds is 15. The molecule has 5 heterocycles. The first-order valence-corrected chi connectivity index (χ1v) is 19.9. The van der Waals surface area contributed by atoms with Crippen LogP contribution in [0.15, 0.2) is 0 Å². The molecule has 5 saturated heterocycles. The fourth-order valence-corrected chi connectivity index (χ4v) is 7.98. The van der Waals surface area contributed by atoms with Gasteiger partial charge in [-0.1, -0.05) is 0 Å². The van der Waals surface area contributed by atoms with Gasteiger partial charge in [0, 0.05) is 13.8 Å². The van der Waals surface area contributed by atoms with Crippen molar-refractivity contribution in [3.63, 3.8) is 0 Å². The topological polar surface area (TPSA) is 424 Å². The van der Waals surface area contributed by atoms with Gasteiger partial charge in [0.05, 0.1) is 45.2 Å². The number of amides is 2. The summed E-state index contributed by atoms with van der Waals surface area (Å²) in [5.41, 5.74) is 0. The Bertz CT molecular complexity index is 1440. The first-order valence-electron chi connectivity index (χ1n) is 19.9. The van der Waals surface area contributed by atoms with Gasteiger partial charge in [-0.2, -0.15) is 0 Å². The predicted octanol–water partition coefficient (Wildman–Crippen LogP) is -10.6. The van der Waals surface area contributed by atoms with E-state index in [9.17, 15) is 81.1 Å². The average molecular weight is 909 g/mol. The second-order valence-electron chi connectivity index (χ2n) is 15.8. The average Bonchev–Trinajstić information content (AvgIpc) is 3.23. The fraction of sp³-hybridized carbons (Fsp3) is 0.943. The maximum Gasteiger partial charge on any atom is 0.217 e. The monoisotopic (exact) mass is 908 g/mol. The van der Waals surface area contributed by atoms with Gasteiger partial charge in [0.2, 0.25) is 11.8 Å². The van der Waals surface area contributed by atoms with Crippen molar-refractivity contribution in [1.82, 2.24) is 10.6 Å². The molecule has 11 unspecified atom stereocenters. The van der Waals surface area contributed by atoms with Crippen molar-refractivity contribution in [3.8, 4) is 0 Å². The van der Waals surface area contributed by atoms with Gasteiger partial charge in [0.15, 0.2) is 25.2 Å². The molecule has 5 aliphatic rings. The summed E-state index contributed by atoms with van der Waals surface area (Å²) in [5, 5.41) is 153. The zero-order valence-corrected chi connectivity index (χ0v) is 33.7. The van der Waals surface area contributed by atoms with Crippen molar-refractivity contribution >= 4 is 11.8 Å². The molecular formula is C35H60N2O25. The quantitative estimate of drug-likeness (QED) is 0.0725. The van der Waals surface area contributed by atoms with Crippen molar-refractivity contribution in [2.24, 2.45) is 0 Å². The summed E-state index contributed by atoms with van der Waals surface area (Å²) in [6.07, 6.45) is -40.1. The first-order chi connectivity index (χ1) is 29.3. The summed E-state index contributed by atoms with van der Waals surface area (Å²) < 4.78 is 51.6. The Morgan fingerprint density at radius 1 is 0.435 bits per heavy atom. The molecule has 5 fully saturated rings. The van der Waals surface area contributed by atoms with Crippen molar-refractivity contribution in [2.75, 3.05) is 33.0 Å². The summed E-state index contributed by atoms with van der Waals surface area (Å²) in [6, 6.07) is -2.68. The molecule has 0 aliphatic carbocycles. The molecule has 0 saturated carbocycles. The second kappa shape index (κ2) is 22.0. The SMILES string of the molecule is CC(=O)NC1[C@H](O[C@@H]2C(CO)O[C@@H](C)C(NC(C)=O)[C@H]2O)OC(CO)[C@@H](O[C@@H]2OC(CO[C@H]3OC(CO)[C@@H](O)[C@H](O)C3O)[C@@H](O)[C@H](O[C@H]3OC(CO)[C@@H](O)C(O)C3O)C2O)[C@@H]1O. The van der Waals surface area contributed by atoms with Crippen LogP contribution in [-0.2, 0) is 52.2 Å². The molecule has 360 valence electrons. The third-order valence-electron chi connectivity index (χ3n) is 11.4. The highest BCUT2D eigenvalue weighted by molar-refractivity contribution is 5.73. The fourth-order valence-electron chi connectivity index (χ4n) is 7.98. The summed E-state index contributed by atoms with van der Waals surface area (Å²) in [7, 11) is 0. The Morgan fingerprint density at radius 3 is 1.37 bits per heavy atom. The standard InChI is InChI=1S/C35H60N2O25/c1-9-17(36-10(2)42)22(47)29(14(6-40)55-9)60-32-18(37-11(3)43)23(48)30(15(7-41)58-32)61-35-28(53)31(62-34-27(52)25(50)20(45)13(5-39)57-34)21(46)16(59-35)8-54-33-26(51)24(49)19(44)12(4-38)56-33/h9,12-35,38-41,44-53H,4-8H2,1-3H3,(H,36,42)(H,37,43)/t9-,12?,13?,14?,15?,16?,17?,18?,19+,20+,21+,22+,23+,24-,25?,26?,27?,28?,29+,30+,31-,32-,33-,34+,35-/m0/s1. The van der Waals surface area contributed by atoms with Gasteiger partial charge in [0.1, 0.15) is 116 Å². The highest BCUT2D eigenvalue weighted by atomic mass is 16.8. The lowest BCUT2D eigenvalue weighted by Crippen LogP contribution is -2.70. The Balaban J connectivity index is 1.41. The van der Waals surface area contributed by atoms with E-state index in [2.05, 4.69) is 10.6 Å². The first kappa shape index (κ1) is 51.0. The summed E-state index contributed by atoms with van der Waals surface area (Å²) in [4.78, 5) is 24.4. The highest BCUT2D eigenvalue weighted by Crippen LogP contribution is 2.35. The largest absolute Gasteiger partial charge is 0.394 e. The zero-order valence-electron chi connectivity index (χ0n) is 33.7. The van der Waals surface area contributed by atoms with Crippen LogP contribution in [0.4, 0.5) is 0 Å². The van der Waals surface area contributed by atoms with Gasteiger partial charge < -0.3 is 125 Å². The van der Waals surface area contributed by atoms with E-state index in [0.29, 0.717) is 0 Å². The molecule has 5 rings (SSSR count). The molecule has 0 aromatic heterocycles. The van der Waals surface area contributed by atoms with Crippen LogP contribution in [-0.4, -0.2) is 270 Å². The molecule has 0 aromatic rings. The van der Waals surface area contributed by atoms with Crippen LogP contribution in [0.25, 0.3) is 0 Å². The van der Waals surface area contributed by atoms with Gasteiger partial charge in [-0.3, -0.25) is 9.59 Å². The van der Waals surface area contributed by atoms with Gasteiger partial charge in [-0.05, 0) is 6.92 Å². The molecular weight excluding hydrogens is 848 g/mol. The molecule has 27 heteroatoms. The van der Waals surface area contributed by atoms with Crippen molar-refractivity contribution < 1.29 is 124 Å². The van der Waals surface area contributed by atoms with Crippen molar-refractivity contribution in [3.05, 3.63) is 0 Å². The predicted molar refractivity (Wildman–Crippen MR) is 193 cm³/mol. The maximum absolute atomic E-state index is 12.5. The van der Waals surface area contributed by atoms with Crippen LogP contribution in [0.2, 0.25) is 0 Å². The van der Waals surface area contributed by atoms with E-state index in [0.717, 1.165) is 6.92 Å².